The first-order chi connectivity index (χ1) is 9.38. The second-order valence-corrected chi connectivity index (χ2v) is 6.04. The third-order valence-electron chi connectivity index (χ3n) is 4.67. The monoisotopic (exact) mass is 256 g/mol. The van der Waals surface area contributed by atoms with Gasteiger partial charge in [-0.3, -0.25) is 0 Å². The number of fused-ring (bicyclic) bond motifs is 2. The Hall–Kier alpha value is -1.35. The summed E-state index contributed by atoms with van der Waals surface area (Å²) in [6, 6.07) is 12.0. The van der Waals surface area contributed by atoms with Crippen LogP contribution in [-0.4, -0.2) is 30.6 Å². The Morgan fingerprint density at radius 1 is 1.21 bits per heavy atom. The van der Waals surface area contributed by atoms with Gasteiger partial charge in [0.25, 0.3) is 0 Å². The molecule has 3 aliphatic rings. The van der Waals surface area contributed by atoms with Crippen LogP contribution in [-0.2, 0) is 11.2 Å². The van der Waals surface area contributed by atoms with Crippen molar-refractivity contribution < 1.29 is 4.74 Å². The van der Waals surface area contributed by atoms with Crippen LogP contribution in [0, 0.1) is 5.92 Å². The van der Waals surface area contributed by atoms with Crippen molar-refractivity contribution in [2.45, 2.75) is 43.8 Å². The average molecular weight is 256 g/mol. The Labute approximate surface area is 114 Å². The van der Waals surface area contributed by atoms with E-state index in [0.717, 1.165) is 30.9 Å². The van der Waals surface area contributed by atoms with Gasteiger partial charge in [0.05, 0.1) is 12.1 Å². The fourth-order valence-electron chi connectivity index (χ4n) is 3.73. The highest BCUT2D eigenvalue weighted by atomic mass is 16.5. The molecule has 2 fully saturated rings. The second kappa shape index (κ2) is 4.64. The van der Waals surface area contributed by atoms with Crippen LogP contribution in [0.15, 0.2) is 35.3 Å². The zero-order valence-corrected chi connectivity index (χ0v) is 11.1. The van der Waals surface area contributed by atoms with Crippen molar-refractivity contribution >= 4 is 5.90 Å². The minimum absolute atomic E-state index is 0.304. The molecule has 3 nitrogen and oxygen atoms in total. The fraction of sp³-hybridized carbons (Fsp3) is 0.562. The van der Waals surface area contributed by atoms with Crippen LogP contribution < -0.4 is 5.32 Å². The van der Waals surface area contributed by atoms with Crippen molar-refractivity contribution in [1.29, 1.82) is 0 Å². The van der Waals surface area contributed by atoms with E-state index in [9.17, 15) is 0 Å². The Bertz CT molecular complexity index is 485. The number of piperidine rings is 1. The van der Waals surface area contributed by atoms with Crippen LogP contribution in [0.3, 0.4) is 0 Å². The molecule has 4 rings (SSSR count). The molecular formula is C16H20N2O. The summed E-state index contributed by atoms with van der Waals surface area (Å²) in [4.78, 5) is 4.82. The highest BCUT2D eigenvalue weighted by Gasteiger charge is 2.43. The highest BCUT2D eigenvalue weighted by molar-refractivity contribution is 5.84. The minimum atomic E-state index is 0.304. The summed E-state index contributed by atoms with van der Waals surface area (Å²) in [6.45, 7) is 0.750. The van der Waals surface area contributed by atoms with E-state index in [0.29, 0.717) is 12.1 Å². The summed E-state index contributed by atoms with van der Waals surface area (Å²) < 4.78 is 5.86. The molecule has 1 aromatic carbocycles. The van der Waals surface area contributed by atoms with Crippen LogP contribution in [0.2, 0.25) is 0 Å². The number of aliphatic imine (C=N–C) groups is 1. The summed E-state index contributed by atoms with van der Waals surface area (Å²) >= 11 is 0. The van der Waals surface area contributed by atoms with E-state index in [1.165, 1.54) is 24.8 Å². The molecule has 2 aliphatic heterocycles. The molecule has 0 amide bonds. The minimum Gasteiger partial charge on any atom is -0.478 e. The van der Waals surface area contributed by atoms with Crippen molar-refractivity contribution in [1.82, 2.24) is 5.32 Å². The summed E-state index contributed by atoms with van der Waals surface area (Å²) in [5.74, 6) is 1.74. The first kappa shape index (κ1) is 11.5. The van der Waals surface area contributed by atoms with Crippen molar-refractivity contribution in [3.63, 3.8) is 0 Å². The van der Waals surface area contributed by atoms with Gasteiger partial charge in [-0.25, -0.2) is 4.99 Å². The maximum Gasteiger partial charge on any atom is 0.201 e. The lowest BCUT2D eigenvalue weighted by atomic mass is 10.00. The quantitative estimate of drug-likeness (QED) is 0.899. The normalized spacial score (nSPS) is 36.3. The maximum atomic E-state index is 5.86. The van der Waals surface area contributed by atoms with Crippen molar-refractivity contribution in [3.8, 4) is 0 Å². The van der Waals surface area contributed by atoms with Gasteiger partial charge in [-0.15, -0.1) is 0 Å². The van der Waals surface area contributed by atoms with E-state index < -0.39 is 0 Å². The average Bonchev–Trinajstić information content (AvgIpc) is 3.15. The molecule has 0 spiro atoms. The summed E-state index contributed by atoms with van der Waals surface area (Å²) in [5, 5.41) is 3.66. The Morgan fingerprint density at radius 3 is 2.84 bits per heavy atom. The molecule has 0 unspecified atom stereocenters. The Balaban J connectivity index is 1.44. The first-order valence-electron chi connectivity index (χ1n) is 7.39. The third kappa shape index (κ3) is 2.16. The Kier molecular flexibility index (Phi) is 2.80. The van der Waals surface area contributed by atoms with Gasteiger partial charge in [0.1, 0.15) is 6.61 Å². The second-order valence-electron chi connectivity index (χ2n) is 6.04. The zero-order chi connectivity index (χ0) is 12.7. The lowest BCUT2D eigenvalue weighted by Crippen LogP contribution is -2.41. The van der Waals surface area contributed by atoms with E-state index in [1.54, 1.807) is 0 Å². The number of hydrogen-bond acceptors (Lipinski definition) is 3. The molecule has 1 N–H and O–H groups in total. The van der Waals surface area contributed by atoms with Gasteiger partial charge < -0.3 is 10.1 Å². The topological polar surface area (TPSA) is 33.6 Å². The molecular weight excluding hydrogens is 236 g/mol. The van der Waals surface area contributed by atoms with Crippen molar-refractivity contribution in [2.75, 3.05) is 6.61 Å². The molecule has 1 aromatic rings. The summed E-state index contributed by atoms with van der Waals surface area (Å²) in [7, 11) is 0. The summed E-state index contributed by atoms with van der Waals surface area (Å²) in [6.07, 6.45) is 4.98. The molecule has 1 aliphatic carbocycles. The number of rotatable bonds is 3. The number of nitrogens with zero attached hydrogens (tertiary/aromatic N) is 1. The predicted octanol–water partition coefficient (Wildman–Crippen LogP) is 2.17. The van der Waals surface area contributed by atoms with E-state index >= 15 is 0 Å². The molecule has 2 heterocycles. The lowest BCUT2D eigenvalue weighted by molar-refractivity contribution is 0.287. The molecule has 1 saturated carbocycles. The number of hydrogen-bond donors (Lipinski definition) is 1. The predicted molar refractivity (Wildman–Crippen MR) is 75.4 cm³/mol. The number of ether oxygens (including phenoxy) is 1. The van der Waals surface area contributed by atoms with Gasteiger partial charge in [0, 0.05) is 6.04 Å². The smallest absolute Gasteiger partial charge is 0.201 e. The molecule has 3 heteroatoms. The highest BCUT2D eigenvalue weighted by Crippen LogP contribution is 2.36. The number of nitrogens with one attached hydrogen (secondary N) is 1. The number of benzene rings is 1. The summed E-state index contributed by atoms with van der Waals surface area (Å²) in [5.41, 5.74) is 1.35. The van der Waals surface area contributed by atoms with Crippen LogP contribution >= 0.6 is 0 Å². The van der Waals surface area contributed by atoms with Crippen LogP contribution in [0.1, 0.15) is 24.8 Å². The fourth-order valence-corrected chi connectivity index (χ4v) is 3.73. The lowest BCUT2D eigenvalue weighted by Gasteiger charge is -2.22. The van der Waals surface area contributed by atoms with Gasteiger partial charge in [0.2, 0.25) is 5.90 Å². The van der Waals surface area contributed by atoms with Crippen molar-refractivity contribution in [2.24, 2.45) is 10.9 Å². The van der Waals surface area contributed by atoms with E-state index in [1.807, 2.05) is 0 Å². The standard InChI is InChI=1S/C16H20N2O/c1-2-4-11(5-3-1)8-14-10-19-16(18-14)15-12-6-7-13(9-12)17-15/h1-5,12-15,17H,6-10H2/t12-,13+,14-,15-/m1/s1. The van der Waals surface area contributed by atoms with E-state index in [2.05, 4.69) is 35.6 Å². The third-order valence-corrected chi connectivity index (χ3v) is 4.67. The largest absolute Gasteiger partial charge is 0.478 e. The molecule has 19 heavy (non-hydrogen) atoms. The molecule has 0 aromatic heterocycles. The molecule has 2 bridgehead atoms. The van der Waals surface area contributed by atoms with Gasteiger partial charge in [-0.1, -0.05) is 30.3 Å². The van der Waals surface area contributed by atoms with Gasteiger partial charge in [-0.05, 0) is 37.2 Å². The van der Waals surface area contributed by atoms with Crippen LogP contribution in [0.4, 0.5) is 0 Å². The molecule has 1 saturated heterocycles. The van der Waals surface area contributed by atoms with Gasteiger partial charge in [-0.2, -0.15) is 0 Å². The molecule has 100 valence electrons. The van der Waals surface area contributed by atoms with E-state index in [4.69, 9.17) is 9.73 Å². The van der Waals surface area contributed by atoms with Gasteiger partial charge >= 0.3 is 0 Å². The zero-order valence-electron chi connectivity index (χ0n) is 11.1. The van der Waals surface area contributed by atoms with E-state index in [-0.39, 0.29) is 0 Å². The first-order valence-corrected chi connectivity index (χ1v) is 7.39. The van der Waals surface area contributed by atoms with Crippen molar-refractivity contribution in [3.05, 3.63) is 35.9 Å². The molecule has 0 radical (unpaired) electrons. The maximum absolute atomic E-state index is 5.86. The SMILES string of the molecule is c1ccc(C[C@@H]2COC([C@@H]3N[C@H]4CC[C@@H]3C4)=N2)cc1. The molecule has 4 atom stereocenters. The Morgan fingerprint density at radius 2 is 2.11 bits per heavy atom. The van der Waals surface area contributed by atoms with Crippen LogP contribution in [0.5, 0.6) is 0 Å². The van der Waals surface area contributed by atoms with Gasteiger partial charge in [0.15, 0.2) is 0 Å². The van der Waals surface area contributed by atoms with Crippen LogP contribution in [0.25, 0.3) is 0 Å².